The van der Waals surface area contributed by atoms with Gasteiger partial charge in [0.05, 0.1) is 0 Å². The van der Waals surface area contributed by atoms with Crippen molar-refractivity contribution in [1.82, 2.24) is 0 Å². The van der Waals surface area contributed by atoms with Crippen LogP contribution in [-0.4, -0.2) is 34.2 Å². The summed E-state index contributed by atoms with van der Waals surface area (Å²) in [5.74, 6) is -1.64. The van der Waals surface area contributed by atoms with Gasteiger partial charge < -0.3 is 14.6 Å². The summed E-state index contributed by atoms with van der Waals surface area (Å²) in [5, 5.41) is 8.98. The monoisotopic (exact) mass is 394 g/mol. The molecule has 2 rings (SSSR count). The minimum atomic E-state index is -1.19. The van der Waals surface area contributed by atoms with E-state index < -0.39 is 29.6 Å². The lowest BCUT2D eigenvalue weighted by Crippen LogP contribution is -2.55. The minimum Gasteiger partial charge on any atom is -0.481 e. The molecule has 4 atom stereocenters. The molecule has 0 saturated heterocycles. The molecule has 0 spiro atoms. The van der Waals surface area contributed by atoms with E-state index in [0.717, 1.165) is 6.42 Å². The molecule has 2 aliphatic rings. The van der Waals surface area contributed by atoms with E-state index in [1.165, 1.54) is 6.92 Å². The fourth-order valence-electron chi connectivity index (χ4n) is 5.80. The molecule has 0 heterocycles. The smallest absolute Gasteiger partial charge is 0.317 e. The molecule has 0 aromatic rings. The molecule has 0 radical (unpaired) electrons. The molecule has 2 aliphatic carbocycles. The molecule has 6 heteroatoms. The molecule has 0 aromatic heterocycles. The van der Waals surface area contributed by atoms with E-state index >= 15 is 0 Å². The van der Waals surface area contributed by atoms with Gasteiger partial charge in [0.15, 0.2) is 0 Å². The molecule has 0 amide bonds. The lowest BCUT2D eigenvalue weighted by molar-refractivity contribution is -0.192. The van der Waals surface area contributed by atoms with Crippen LogP contribution < -0.4 is 0 Å². The number of carbonyl (C=O) groups excluding carboxylic acids is 2. The highest BCUT2D eigenvalue weighted by Gasteiger charge is 2.61. The summed E-state index contributed by atoms with van der Waals surface area (Å²) in [7, 11) is 0. The van der Waals surface area contributed by atoms with Crippen molar-refractivity contribution in [3.05, 3.63) is 12.2 Å². The van der Waals surface area contributed by atoms with E-state index in [0.29, 0.717) is 25.7 Å². The van der Waals surface area contributed by atoms with Crippen molar-refractivity contribution >= 4 is 17.9 Å². The molecule has 2 bridgehead atoms. The van der Waals surface area contributed by atoms with Crippen molar-refractivity contribution in [2.45, 2.75) is 84.3 Å². The number of ether oxygens (including phenoxy) is 2. The number of hydrogen-bond acceptors (Lipinski definition) is 5. The van der Waals surface area contributed by atoms with Crippen LogP contribution in [0.2, 0.25) is 0 Å². The van der Waals surface area contributed by atoms with Crippen LogP contribution in [0.3, 0.4) is 0 Å². The quantitative estimate of drug-likeness (QED) is 0.340. The molecule has 1 fully saturated rings. The minimum absolute atomic E-state index is 0.00510. The first kappa shape index (κ1) is 22.4. The first-order valence-electron chi connectivity index (χ1n) is 10.5. The Labute approximate surface area is 167 Å². The number of rotatable bonds is 10. The van der Waals surface area contributed by atoms with Crippen LogP contribution in [0.4, 0.5) is 0 Å². The highest BCUT2D eigenvalue weighted by molar-refractivity contribution is 5.90. The molecule has 1 N–H and O–H groups in total. The van der Waals surface area contributed by atoms with Crippen LogP contribution in [0.25, 0.3) is 0 Å². The number of fused-ring (bicyclic) bond motifs is 2. The number of aliphatic carboxylic acids is 1. The molecular formula is C22H34O6. The normalized spacial score (nSPS) is 26.3. The molecule has 6 nitrogen and oxygen atoms in total. The highest BCUT2D eigenvalue weighted by atomic mass is 16.6. The number of allylic oxidation sites excluding steroid dienone is 2. The van der Waals surface area contributed by atoms with Crippen LogP contribution in [-0.2, 0) is 23.9 Å². The number of carbonyl (C=O) groups is 3. The zero-order valence-corrected chi connectivity index (χ0v) is 17.7. The van der Waals surface area contributed by atoms with Crippen molar-refractivity contribution in [3.63, 3.8) is 0 Å². The Morgan fingerprint density at radius 2 is 1.32 bits per heavy atom. The van der Waals surface area contributed by atoms with E-state index in [1.54, 1.807) is 0 Å². The summed E-state index contributed by atoms with van der Waals surface area (Å²) in [6.45, 7) is 9.48. The third kappa shape index (κ3) is 3.96. The largest absolute Gasteiger partial charge is 0.481 e. The summed E-state index contributed by atoms with van der Waals surface area (Å²) in [4.78, 5) is 35.2. The lowest BCUT2D eigenvalue weighted by Gasteiger charge is -2.50. The van der Waals surface area contributed by atoms with Gasteiger partial charge in [-0.05, 0) is 43.9 Å². The van der Waals surface area contributed by atoms with Gasteiger partial charge in [-0.2, -0.15) is 0 Å². The fraction of sp³-hybridized carbons (Fsp3) is 0.773. The van der Waals surface area contributed by atoms with Gasteiger partial charge in [0.2, 0.25) is 0 Å². The summed E-state index contributed by atoms with van der Waals surface area (Å²) in [5.41, 5.74) is -1.38. The Bertz CT molecular complexity index is 629. The third-order valence-corrected chi connectivity index (χ3v) is 7.03. The molecule has 158 valence electrons. The Morgan fingerprint density at radius 1 is 0.893 bits per heavy atom. The van der Waals surface area contributed by atoms with E-state index in [-0.39, 0.29) is 29.6 Å². The Kier molecular flexibility index (Phi) is 6.94. The lowest BCUT2D eigenvalue weighted by atomic mass is 9.62. The summed E-state index contributed by atoms with van der Waals surface area (Å²) >= 11 is 0. The maximum absolute atomic E-state index is 12.3. The van der Waals surface area contributed by atoms with Crippen molar-refractivity contribution in [3.8, 4) is 0 Å². The first-order valence-corrected chi connectivity index (χ1v) is 10.5. The van der Waals surface area contributed by atoms with Crippen molar-refractivity contribution in [2.24, 2.45) is 23.7 Å². The van der Waals surface area contributed by atoms with Gasteiger partial charge in [-0.1, -0.05) is 39.8 Å². The standard InChI is InChI=1S/C22H34O6/c1-6-21(7-2,27-14(5)23)19-15-10-11-16(12-15)20(19)22(8-3,9-4)28-18(26)13-17(24)25/h10-11,15-16,19-20H,6-9,12-13H2,1-5H3,(H,24,25). The Balaban J connectivity index is 2.48. The molecule has 0 aromatic carbocycles. The van der Waals surface area contributed by atoms with E-state index in [1.807, 2.05) is 27.7 Å². The summed E-state index contributed by atoms with van der Waals surface area (Å²) in [6, 6.07) is 0. The zero-order chi connectivity index (χ0) is 21.1. The van der Waals surface area contributed by atoms with Gasteiger partial charge in [-0.15, -0.1) is 0 Å². The first-order chi connectivity index (χ1) is 13.2. The van der Waals surface area contributed by atoms with Crippen LogP contribution in [0.15, 0.2) is 12.2 Å². The van der Waals surface area contributed by atoms with E-state index in [2.05, 4.69) is 12.2 Å². The van der Waals surface area contributed by atoms with Crippen molar-refractivity contribution in [1.29, 1.82) is 0 Å². The van der Waals surface area contributed by atoms with Gasteiger partial charge in [0.1, 0.15) is 17.6 Å². The third-order valence-electron chi connectivity index (χ3n) is 7.03. The number of hydrogen-bond donors (Lipinski definition) is 1. The molecular weight excluding hydrogens is 360 g/mol. The highest BCUT2D eigenvalue weighted by Crippen LogP contribution is 2.60. The molecule has 28 heavy (non-hydrogen) atoms. The van der Waals surface area contributed by atoms with Crippen LogP contribution in [0.1, 0.15) is 73.1 Å². The van der Waals surface area contributed by atoms with Crippen molar-refractivity contribution in [2.75, 3.05) is 0 Å². The summed E-state index contributed by atoms with van der Waals surface area (Å²) < 4.78 is 11.9. The number of esters is 2. The maximum atomic E-state index is 12.3. The number of carboxylic acids is 1. The van der Waals surface area contributed by atoms with Crippen LogP contribution in [0, 0.1) is 23.7 Å². The average molecular weight is 395 g/mol. The zero-order valence-electron chi connectivity index (χ0n) is 17.7. The summed E-state index contributed by atoms with van der Waals surface area (Å²) in [6.07, 6.45) is 7.29. The Morgan fingerprint density at radius 3 is 1.68 bits per heavy atom. The van der Waals surface area contributed by atoms with Gasteiger partial charge in [-0.25, -0.2) is 0 Å². The maximum Gasteiger partial charge on any atom is 0.317 e. The second-order valence-corrected chi connectivity index (χ2v) is 8.18. The Hall–Kier alpha value is -1.85. The van der Waals surface area contributed by atoms with Crippen LogP contribution in [0.5, 0.6) is 0 Å². The molecule has 1 saturated carbocycles. The van der Waals surface area contributed by atoms with Gasteiger partial charge >= 0.3 is 17.9 Å². The predicted molar refractivity (Wildman–Crippen MR) is 104 cm³/mol. The van der Waals surface area contributed by atoms with E-state index in [9.17, 15) is 14.4 Å². The predicted octanol–water partition coefficient (Wildman–Crippen LogP) is 4.12. The molecule has 4 unspecified atom stereocenters. The second-order valence-electron chi connectivity index (χ2n) is 8.18. The van der Waals surface area contributed by atoms with Gasteiger partial charge in [-0.3, -0.25) is 14.4 Å². The SMILES string of the molecule is CCC(CC)(OC(C)=O)C1C2C=CC(C2)C1C(CC)(CC)OC(=O)CC(=O)O. The molecule has 0 aliphatic heterocycles. The number of carboxylic acid groups (broad SMARTS) is 1. The topological polar surface area (TPSA) is 89.9 Å². The second kappa shape index (κ2) is 8.66. The van der Waals surface area contributed by atoms with Gasteiger partial charge in [0, 0.05) is 18.8 Å². The van der Waals surface area contributed by atoms with Gasteiger partial charge in [0.25, 0.3) is 0 Å². The average Bonchev–Trinajstić information content (AvgIpc) is 3.25. The van der Waals surface area contributed by atoms with Crippen LogP contribution >= 0.6 is 0 Å². The fourth-order valence-corrected chi connectivity index (χ4v) is 5.80. The van der Waals surface area contributed by atoms with E-state index in [4.69, 9.17) is 14.6 Å². The van der Waals surface area contributed by atoms with Crippen molar-refractivity contribution < 1.29 is 29.0 Å².